The first-order valence-corrected chi connectivity index (χ1v) is 9.54. The Balaban J connectivity index is 1.48. The molecule has 138 valence electrons. The number of carbonyl (C=O) groups excluding carboxylic acids is 1. The van der Waals surface area contributed by atoms with E-state index >= 15 is 0 Å². The van der Waals surface area contributed by atoms with Gasteiger partial charge in [0.25, 0.3) is 0 Å². The van der Waals surface area contributed by atoms with E-state index in [4.69, 9.17) is 4.74 Å². The van der Waals surface area contributed by atoms with Crippen LogP contribution in [-0.2, 0) is 4.74 Å². The van der Waals surface area contributed by atoms with Gasteiger partial charge >= 0.3 is 6.09 Å². The molecule has 3 aromatic rings. The predicted molar refractivity (Wildman–Crippen MR) is 105 cm³/mol. The van der Waals surface area contributed by atoms with Gasteiger partial charge in [-0.25, -0.2) is 9.78 Å². The highest BCUT2D eigenvalue weighted by Gasteiger charge is 2.35. The van der Waals surface area contributed by atoms with Crippen molar-refractivity contribution in [2.45, 2.75) is 25.3 Å². The number of nitrogens with zero attached hydrogens (tertiary/aromatic N) is 3. The summed E-state index contributed by atoms with van der Waals surface area (Å²) in [5.74, 6) is 0. The number of hydrogen-bond acceptors (Lipinski definition) is 4. The molecule has 2 saturated heterocycles. The number of benzene rings is 2. The highest BCUT2D eigenvalue weighted by molar-refractivity contribution is 5.93. The molecular weight excluding hydrogens is 340 g/mol. The number of imidazole rings is 1. The fourth-order valence-electron chi connectivity index (χ4n) is 4.11. The summed E-state index contributed by atoms with van der Waals surface area (Å²) < 4.78 is 5.41. The van der Waals surface area contributed by atoms with Crippen LogP contribution in [0.1, 0.15) is 30.9 Å². The molecule has 1 aromatic heterocycles. The standard InChI is InChI=1S/C21H22N4O2/c26-21-25(17-7-8-18-19(12-17)23-14-22-18)20(13-27-21)15-5-4-6-16(11-15)24-9-2-1-3-10-24/h4-8,11-12,14,20H,1-3,9-10,13H2,(H,22,23). The number of nitrogens with one attached hydrogen (secondary N) is 1. The fraction of sp³-hybridized carbons (Fsp3) is 0.333. The lowest BCUT2D eigenvalue weighted by Crippen LogP contribution is -2.30. The Morgan fingerprint density at radius 1 is 1.04 bits per heavy atom. The zero-order chi connectivity index (χ0) is 18.2. The monoisotopic (exact) mass is 362 g/mol. The Morgan fingerprint density at radius 3 is 2.81 bits per heavy atom. The molecule has 6 heteroatoms. The van der Waals surface area contributed by atoms with E-state index in [0.717, 1.165) is 35.4 Å². The highest BCUT2D eigenvalue weighted by atomic mass is 16.6. The summed E-state index contributed by atoms with van der Waals surface area (Å²) >= 11 is 0. The number of H-pyrrole nitrogens is 1. The molecule has 0 radical (unpaired) electrons. The Morgan fingerprint density at radius 2 is 1.93 bits per heavy atom. The molecule has 27 heavy (non-hydrogen) atoms. The molecule has 3 heterocycles. The highest BCUT2D eigenvalue weighted by Crippen LogP contribution is 2.35. The summed E-state index contributed by atoms with van der Waals surface area (Å²) in [6.45, 7) is 2.57. The summed E-state index contributed by atoms with van der Waals surface area (Å²) in [6.07, 6.45) is 5.15. The molecule has 2 aliphatic heterocycles. The number of ether oxygens (including phenoxy) is 1. The summed E-state index contributed by atoms with van der Waals surface area (Å²) in [4.78, 5) is 24.0. The SMILES string of the molecule is O=C1OCC(c2cccc(N3CCCCC3)c2)N1c1ccc2nc[nH]c2c1. The van der Waals surface area contributed by atoms with E-state index in [1.807, 2.05) is 18.2 Å². The van der Waals surface area contributed by atoms with Crippen molar-refractivity contribution in [1.29, 1.82) is 0 Å². The molecule has 0 bridgehead atoms. The van der Waals surface area contributed by atoms with Crippen molar-refractivity contribution in [3.05, 3.63) is 54.4 Å². The maximum atomic E-state index is 12.5. The van der Waals surface area contributed by atoms with Crippen LogP contribution in [0.2, 0.25) is 0 Å². The van der Waals surface area contributed by atoms with E-state index in [2.05, 4.69) is 39.1 Å². The maximum absolute atomic E-state index is 12.5. The number of aromatic nitrogens is 2. The number of rotatable bonds is 3. The second kappa shape index (κ2) is 6.61. The summed E-state index contributed by atoms with van der Waals surface area (Å²) in [5.41, 5.74) is 4.95. The van der Waals surface area contributed by atoms with Crippen molar-refractivity contribution in [1.82, 2.24) is 9.97 Å². The lowest BCUT2D eigenvalue weighted by molar-refractivity contribution is 0.179. The molecular formula is C21H22N4O2. The van der Waals surface area contributed by atoms with E-state index in [0.29, 0.717) is 6.61 Å². The molecule has 0 saturated carbocycles. The first-order valence-electron chi connectivity index (χ1n) is 9.54. The van der Waals surface area contributed by atoms with Gasteiger partial charge in [-0.05, 0) is 55.2 Å². The van der Waals surface area contributed by atoms with E-state index in [9.17, 15) is 4.79 Å². The number of carbonyl (C=O) groups is 1. The molecule has 5 rings (SSSR count). The summed E-state index contributed by atoms with van der Waals surface area (Å²) in [7, 11) is 0. The summed E-state index contributed by atoms with van der Waals surface area (Å²) in [6, 6.07) is 14.2. The van der Waals surface area contributed by atoms with Gasteiger partial charge in [0.05, 0.1) is 29.1 Å². The van der Waals surface area contributed by atoms with E-state index in [1.54, 1.807) is 11.2 Å². The molecule has 0 aliphatic carbocycles. The zero-order valence-electron chi connectivity index (χ0n) is 15.1. The molecule has 1 amide bonds. The number of hydrogen-bond donors (Lipinski definition) is 1. The minimum absolute atomic E-state index is 0.123. The molecule has 0 spiro atoms. The van der Waals surface area contributed by atoms with Crippen LogP contribution >= 0.6 is 0 Å². The number of fused-ring (bicyclic) bond motifs is 1. The fourth-order valence-corrected chi connectivity index (χ4v) is 4.11. The van der Waals surface area contributed by atoms with Crippen molar-refractivity contribution in [2.24, 2.45) is 0 Å². The van der Waals surface area contributed by atoms with Crippen LogP contribution in [0.4, 0.5) is 16.2 Å². The lowest BCUT2D eigenvalue weighted by Gasteiger charge is -2.30. The Hall–Kier alpha value is -3.02. The van der Waals surface area contributed by atoms with E-state index in [-0.39, 0.29) is 12.1 Å². The van der Waals surface area contributed by atoms with Gasteiger partial charge in [-0.1, -0.05) is 12.1 Å². The van der Waals surface area contributed by atoms with Gasteiger partial charge in [-0.15, -0.1) is 0 Å². The molecule has 1 atom stereocenters. The van der Waals surface area contributed by atoms with Crippen molar-refractivity contribution >= 4 is 28.5 Å². The largest absolute Gasteiger partial charge is 0.447 e. The average Bonchev–Trinajstić information content (AvgIpc) is 3.34. The molecule has 1 N–H and O–H groups in total. The van der Waals surface area contributed by atoms with Crippen molar-refractivity contribution < 1.29 is 9.53 Å². The number of anilines is 2. The molecule has 2 aromatic carbocycles. The van der Waals surface area contributed by atoms with Gasteiger partial charge in [0, 0.05) is 18.8 Å². The minimum atomic E-state index is -0.303. The quantitative estimate of drug-likeness (QED) is 0.757. The second-order valence-corrected chi connectivity index (χ2v) is 7.21. The number of cyclic esters (lactones) is 1. The Bertz CT molecular complexity index is 977. The molecule has 6 nitrogen and oxygen atoms in total. The van der Waals surface area contributed by atoms with E-state index in [1.165, 1.54) is 24.9 Å². The van der Waals surface area contributed by atoms with Crippen molar-refractivity contribution in [3.8, 4) is 0 Å². The first-order chi connectivity index (χ1) is 13.3. The topological polar surface area (TPSA) is 61.5 Å². The van der Waals surface area contributed by atoms with Crippen LogP contribution in [0.5, 0.6) is 0 Å². The Labute approximate surface area is 157 Å². The van der Waals surface area contributed by atoms with Crippen LogP contribution in [0, 0.1) is 0 Å². The van der Waals surface area contributed by atoms with Crippen molar-refractivity contribution in [2.75, 3.05) is 29.5 Å². The van der Waals surface area contributed by atoms with E-state index < -0.39 is 0 Å². The molecule has 2 aliphatic rings. The van der Waals surface area contributed by atoms with Crippen molar-refractivity contribution in [3.63, 3.8) is 0 Å². The van der Waals surface area contributed by atoms with Gasteiger partial charge in [-0.2, -0.15) is 0 Å². The third-order valence-corrected chi connectivity index (χ3v) is 5.53. The zero-order valence-corrected chi connectivity index (χ0v) is 15.1. The number of amides is 1. The normalized spacial score (nSPS) is 20.3. The minimum Gasteiger partial charge on any atom is -0.447 e. The van der Waals surface area contributed by atoms with Gasteiger partial charge < -0.3 is 14.6 Å². The maximum Gasteiger partial charge on any atom is 0.415 e. The average molecular weight is 362 g/mol. The smallest absolute Gasteiger partial charge is 0.415 e. The second-order valence-electron chi connectivity index (χ2n) is 7.21. The number of aromatic amines is 1. The van der Waals surface area contributed by atoms with Crippen LogP contribution in [0.25, 0.3) is 11.0 Å². The third kappa shape index (κ3) is 2.91. The van der Waals surface area contributed by atoms with Gasteiger partial charge in [0.1, 0.15) is 6.61 Å². The van der Waals surface area contributed by atoms with Gasteiger partial charge in [-0.3, -0.25) is 4.90 Å². The number of piperidine rings is 1. The van der Waals surface area contributed by atoms with Crippen LogP contribution in [0.15, 0.2) is 48.8 Å². The lowest BCUT2D eigenvalue weighted by atomic mass is 10.0. The van der Waals surface area contributed by atoms with Gasteiger partial charge in [0.15, 0.2) is 0 Å². The predicted octanol–water partition coefficient (Wildman–Crippen LogP) is 4.25. The molecule has 2 fully saturated rings. The van der Waals surface area contributed by atoms with Crippen LogP contribution in [0.3, 0.4) is 0 Å². The van der Waals surface area contributed by atoms with Crippen LogP contribution in [-0.4, -0.2) is 35.8 Å². The Kier molecular flexibility index (Phi) is 3.96. The summed E-state index contributed by atoms with van der Waals surface area (Å²) in [5, 5.41) is 0. The molecule has 1 unspecified atom stereocenters. The third-order valence-electron chi connectivity index (χ3n) is 5.53. The van der Waals surface area contributed by atoms with Crippen LogP contribution < -0.4 is 9.80 Å². The van der Waals surface area contributed by atoms with Gasteiger partial charge in [0.2, 0.25) is 0 Å². The first kappa shape index (κ1) is 16.2.